The fraction of sp³-hybridized carbons (Fsp3) is 0.500. The minimum Gasteiger partial charge on any atom is -0.394 e. The highest BCUT2D eigenvalue weighted by molar-refractivity contribution is 7.89. The fourth-order valence-electron chi connectivity index (χ4n) is 1.58. The quantitative estimate of drug-likeness (QED) is 0.757. The third-order valence-electron chi connectivity index (χ3n) is 2.66. The summed E-state index contributed by atoms with van der Waals surface area (Å²) in [5.41, 5.74) is -0.304. The fourth-order valence-corrected chi connectivity index (χ4v) is 2.93. The first-order valence-electron chi connectivity index (χ1n) is 5.60. The number of rotatable bonds is 7. The van der Waals surface area contributed by atoms with Crippen LogP contribution in [0.2, 0.25) is 0 Å². The van der Waals surface area contributed by atoms with Crippen molar-refractivity contribution in [1.82, 2.24) is 4.72 Å². The first-order chi connectivity index (χ1) is 8.43. The van der Waals surface area contributed by atoms with E-state index in [2.05, 4.69) is 4.72 Å². The molecule has 1 unspecified atom stereocenters. The number of hydrogen-bond acceptors (Lipinski definition) is 4. The summed E-state index contributed by atoms with van der Waals surface area (Å²) in [6.07, 6.45) is 0. The van der Waals surface area contributed by atoms with E-state index in [0.29, 0.717) is 5.56 Å². The molecule has 1 rings (SSSR count). The Hall–Kier alpha value is -0.950. The number of aliphatic hydroxyl groups is 1. The van der Waals surface area contributed by atoms with Crippen molar-refractivity contribution >= 4 is 10.0 Å². The van der Waals surface area contributed by atoms with Gasteiger partial charge in [0, 0.05) is 7.11 Å². The Kier molecular flexibility index (Phi) is 5.28. The van der Waals surface area contributed by atoms with E-state index >= 15 is 0 Å². The van der Waals surface area contributed by atoms with E-state index in [-0.39, 0.29) is 19.0 Å². The molecule has 0 heterocycles. The van der Waals surface area contributed by atoms with Crippen LogP contribution in [0.3, 0.4) is 0 Å². The van der Waals surface area contributed by atoms with Gasteiger partial charge in [0.15, 0.2) is 0 Å². The van der Waals surface area contributed by atoms with E-state index in [1.807, 2.05) is 6.07 Å². The lowest BCUT2D eigenvalue weighted by atomic mass is 9.94. The second kappa shape index (κ2) is 6.29. The van der Waals surface area contributed by atoms with E-state index in [9.17, 15) is 13.5 Å². The summed E-state index contributed by atoms with van der Waals surface area (Å²) in [4.78, 5) is 0. The van der Waals surface area contributed by atoms with Crippen molar-refractivity contribution < 1.29 is 18.3 Å². The normalized spacial score (nSPS) is 15.3. The van der Waals surface area contributed by atoms with Gasteiger partial charge in [-0.1, -0.05) is 30.3 Å². The smallest absolute Gasteiger partial charge is 0.214 e. The number of hydrogen-bond donors (Lipinski definition) is 2. The summed E-state index contributed by atoms with van der Waals surface area (Å²) in [5.74, 6) is -0.133. The van der Waals surface area contributed by atoms with Crippen LogP contribution in [0.15, 0.2) is 30.3 Å². The molecule has 2 N–H and O–H groups in total. The highest BCUT2D eigenvalue weighted by atomic mass is 32.2. The second-order valence-electron chi connectivity index (χ2n) is 4.27. The Morgan fingerprint density at radius 1 is 1.33 bits per heavy atom. The second-order valence-corrected chi connectivity index (χ2v) is 6.11. The molecule has 0 aliphatic rings. The molecule has 0 amide bonds. The summed E-state index contributed by atoms with van der Waals surface area (Å²) in [5, 5.41) is 9.47. The zero-order valence-electron chi connectivity index (χ0n) is 10.6. The Labute approximate surface area is 108 Å². The number of methoxy groups -OCH3 is 1. The lowest BCUT2D eigenvalue weighted by Crippen LogP contribution is -2.47. The third-order valence-corrected chi connectivity index (χ3v) is 4.13. The van der Waals surface area contributed by atoms with E-state index in [0.717, 1.165) is 0 Å². The van der Waals surface area contributed by atoms with Gasteiger partial charge >= 0.3 is 0 Å². The lowest BCUT2D eigenvalue weighted by Gasteiger charge is -2.28. The highest BCUT2D eigenvalue weighted by Gasteiger charge is 2.30. The first kappa shape index (κ1) is 15.1. The molecule has 1 aromatic rings. The van der Waals surface area contributed by atoms with Crippen LogP contribution < -0.4 is 4.72 Å². The molecule has 0 aromatic heterocycles. The predicted octanol–water partition coefficient (Wildman–Crippen LogP) is 0.460. The van der Waals surface area contributed by atoms with Gasteiger partial charge in [-0.05, 0) is 12.5 Å². The Morgan fingerprint density at radius 3 is 2.44 bits per heavy atom. The Bertz CT molecular complexity index is 460. The summed E-state index contributed by atoms with van der Waals surface area (Å²) >= 11 is 0. The van der Waals surface area contributed by atoms with Gasteiger partial charge in [0.25, 0.3) is 0 Å². The number of nitrogens with one attached hydrogen (secondary N) is 1. The maximum atomic E-state index is 11.8. The van der Waals surface area contributed by atoms with Gasteiger partial charge in [0.1, 0.15) is 0 Å². The maximum Gasteiger partial charge on any atom is 0.214 e. The van der Waals surface area contributed by atoms with Crippen molar-refractivity contribution in [3.63, 3.8) is 0 Å². The lowest BCUT2D eigenvalue weighted by molar-refractivity contribution is 0.194. The van der Waals surface area contributed by atoms with Gasteiger partial charge in [-0.2, -0.15) is 0 Å². The van der Waals surface area contributed by atoms with Crippen LogP contribution in [0.25, 0.3) is 0 Å². The van der Waals surface area contributed by atoms with Crippen molar-refractivity contribution in [2.75, 3.05) is 26.1 Å². The number of ether oxygens (including phenoxy) is 1. The largest absolute Gasteiger partial charge is 0.394 e. The predicted molar refractivity (Wildman–Crippen MR) is 69.7 cm³/mol. The molecule has 0 aliphatic carbocycles. The Morgan fingerprint density at radius 2 is 1.94 bits per heavy atom. The molecular weight excluding hydrogens is 254 g/mol. The van der Waals surface area contributed by atoms with Gasteiger partial charge < -0.3 is 9.84 Å². The van der Waals surface area contributed by atoms with Gasteiger partial charge in [0.2, 0.25) is 10.0 Å². The number of aliphatic hydroxyl groups excluding tert-OH is 1. The molecule has 18 heavy (non-hydrogen) atoms. The molecule has 0 radical (unpaired) electrons. The van der Waals surface area contributed by atoms with E-state index in [4.69, 9.17) is 4.74 Å². The minimum absolute atomic E-state index is 0.117. The van der Waals surface area contributed by atoms with Gasteiger partial charge in [0.05, 0.1) is 24.5 Å². The van der Waals surface area contributed by atoms with Crippen molar-refractivity contribution in [2.45, 2.75) is 12.5 Å². The first-order valence-corrected chi connectivity index (χ1v) is 7.26. The average Bonchev–Trinajstić information content (AvgIpc) is 2.37. The van der Waals surface area contributed by atoms with Crippen LogP contribution in [0.4, 0.5) is 0 Å². The van der Waals surface area contributed by atoms with Crippen LogP contribution in [0.5, 0.6) is 0 Å². The molecule has 0 fully saturated rings. The highest BCUT2D eigenvalue weighted by Crippen LogP contribution is 2.20. The van der Waals surface area contributed by atoms with E-state index < -0.39 is 15.6 Å². The van der Waals surface area contributed by atoms with Crippen LogP contribution in [-0.4, -0.2) is 39.6 Å². The number of benzene rings is 1. The molecule has 0 aliphatic heterocycles. The molecule has 0 bridgehead atoms. The SMILES string of the molecule is COCCS(=O)(=O)NC(C)(CO)c1ccccc1. The zero-order valence-corrected chi connectivity index (χ0v) is 11.4. The van der Waals surface area contributed by atoms with Crippen LogP contribution in [-0.2, 0) is 20.3 Å². The Balaban J connectivity index is 2.90. The molecule has 1 atom stereocenters. The van der Waals surface area contributed by atoms with Crippen LogP contribution in [0, 0.1) is 0 Å². The van der Waals surface area contributed by atoms with Crippen molar-refractivity contribution in [1.29, 1.82) is 0 Å². The molecular formula is C12H19NO4S. The summed E-state index contributed by atoms with van der Waals surface area (Å²) in [7, 11) is -2.05. The van der Waals surface area contributed by atoms with Gasteiger partial charge in [-0.15, -0.1) is 0 Å². The van der Waals surface area contributed by atoms with Gasteiger partial charge in [-0.25, -0.2) is 13.1 Å². The average molecular weight is 273 g/mol. The summed E-state index contributed by atoms with van der Waals surface area (Å²) in [6, 6.07) is 8.98. The zero-order chi connectivity index (χ0) is 13.6. The molecule has 0 saturated carbocycles. The molecule has 0 spiro atoms. The molecule has 5 nitrogen and oxygen atoms in total. The van der Waals surface area contributed by atoms with Crippen molar-refractivity contribution in [2.24, 2.45) is 0 Å². The summed E-state index contributed by atoms with van der Waals surface area (Å²) in [6.45, 7) is 1.45. The standard InChI is InChI=1S/C12H19NO4S/c1-12(10-14,11-6-4-3-5-7-11)13-18(15,16)9-8-17-2/h3-7,13-14H,8-10H2,1-2H3. The molecule has 6 heteroatoms. The van der Waals surface area contributed by atoms with Crippen molar-refractivity contribution in [3.8, 4) is 0 Å². The number of sulfonamides is 1. The van der Waals surface area contributed by atoms with E-state index in [1.54, 1.807) is 31.2 Å². The van der Waals surface area contributed by atoms with Crippen molar-refractivity contribution in [3.05, 3.63) is 35.9 Å². The molecule has 1 aromatic carbocycles. The topological polar surface area (TPSA) is 75.6 Å². The maximum absolute atomic E-state index is 11.8. The summed E-state index contributed by atoms with van der Waals surface area (Å²) < 4.78 is 30.9. The molecule has 102 valence electrons. The monoisotopic (exact) mass is 273 g/mol. The molecule has 0 saturated heterocycles. The van der Waals surface area contributed by atoms with Gasteiger partial charge in [-0.3, -0.25) is 0 Å². The van der Waals surface area contributed by atoms with Crippen LogP contribution in [0.1, 0.15) is 12.5 Å². The van der Waals surface area contributed by atoms with E-state index in [1.165, 1.54) is 7.11 Å². The minimum atomic E-state index is -3.50. The third kappa shape index (κ3) is 4.06. The van der Waals surface area contributed by atoms with Crippen LogP contribution >= 0.6 is 0 Å².